The molecular weight excluding hydrogens is 290 g/mol. The lowest BCUT2D eigenvalue weighted by Crippen LogP contribution is -2.43. The molecule has 1 saturated heterocycles. The summed E-state index contributed by atoms with van der Waals surface area (Å²) in [5.41, 5.74) is 1.15. The fourth-order valence-electron chi connectivity index (χ4n) is 2.18. The smallest absolute Gasteiger partial charge is 0.241 e. The maximum absolute atomic E-state index is 12.0. The first kappa shape index (κ1) is 15.8. The molecule has 1 unspecified atom stereocenters. The number of amides is 1. The van der Waals surface area contributed by atoms with Gasteiger partial charge in [0.2, 0.25) is 15.9 Å². The minimum Gasteiger partial charge on any atom is -0.325 e. The van der Waals surface area contributed by atoms with Crippen molar-refractivity contribution in [2.45, 2.75) is 32.2 Å². The maximum atomic E-state index is 12.0. The molecule has 0 spiro atoms. The van der Waals surface area contributed by atoms with E-state index in [0.717, 1.165) is 25.8 Å². The van der Waals surface area contributed by atoms with E-state index in [4.69, 9.17) is 0 Å². The topological polar surface area (TPSA) is 87.3 Å². The lowest BCUT2D eigenvalue weighted by atomic mass is 10.0. The molecule has 6 nitrogen and oxygen atoms in total. The zero-order chi connectivity index (χ0) is 15.3. The SMILES string of the molecule is CCS(=O)(=O)Nc1ccc(NC(=O)C2CCCCN2)cc1. The van der Waals surface area contributed by atoms with Gasteiger partial charge in [-0.2, -0.15) is 0 Å². The van der Waals surface area contributed by atoms with Crippen molar-refractivity contribution in [2.75, 3.05) is 22.3 Å². The van der Waals surface area contributed by atoms with Crippen LogP contribution in [0.1, 0.15) is 26.2 Å². The Bertz CT molecular complexity index is 578. The zero-order valence-electron chi connectivity index (χ0n) is 12.1. The van der Waals surface area contributed by atoms with Crippen molar-refractivity contribution in [3.8, 4) is 0 Å². The van der Waals surface area contributed by atoms with Crippen LogP contribution < -0.4 is 15.4 Å². The number of piperidine rings is 1. The minimum atomic E-state index is -3.27. The Labute approximate surface area is 125 Å². The van der Waals surface area contributed by atoms with E-state index in [1.807, 2.05) is 0 Å². The lowest BCUT2D eigenvalue weighted by Gasteiger charge is -2.22. The number of nitrogens with one attached hydrogen (secondary N) is 3. The summed E-state index contributed by atoms with van der Waals surface area (Å²) < 4.78 is 25.4. The van der Waals surface area contributed by atoms with Gasteiger partial charge in [-0.05, 0) is 50.6 Å². The van der Waals surface area contributed by atoms with Gasteiger partial charge in [-0.1, -0.05) is 6.42 Å². The van der Waals surface area contributed by atoms with Crippen LogP contribution in [0.4, 0.5) is 11.4 Å². The van der Waals surface area contributed by atoms with Crippen LogP contribution in [0.25, 0.3) is 0 Å². The molecule has 3 N–H and O–H groups in total. The molecule has 0 saturated carbocycles. The van der Waals surface area contributed by atoms with Crippen LogP contribution in [-0.4, -0.2) is 32.7 Å². The summed E-state index contributed by atoms with van der Waals surface area (Å²) in [6, 6.07) is 6.51. The Hall–Kier alpha value is -1.60. The lowest BCUT2D eigenvalue weighted by molar-refractivity contribution is -0.118. The van der Waals surface area contributed by atoms with Crippen molar-refractivity contribution in [3.05, 3.63) is 24.3 Å². The van der Waals surface area contributed by atoms with Gasteiger partial charge in [0.25, 0.3) is 0 Å². The fraction of sp³-hybridized carbons (Fsp3) is 0.500. The van der Waals surface area contributed by atoms with Gasteiger partial charge in [-0.25, -0.2) is 8.42 Å². The second kappa shape index (κ2) is 6.91. The molecule has 7 heteroatoms. The van der Waals surface area contributed by atoms with Gasteiger partial charge < -0.3 is 10.6 Å². The molecule has 0 bridgehead atoms. The first-order chi connectivity index (χ1) is 10.00. The van der Waals surface area contributed by atoms with E-state index in [-0.39, 0.29) is 17.7 Å². The van der Waals surface area contributed by atoms with Crippen molar-refractivity contribution in [1.82, 2.24) is 5.32 Å². The zero-order valence-corrected chi connectivity index (χ0v) is 12.9. The third-order valence-corrected chi connectivity index (χ3v) is 4.74. The molecule has 1 aliphatic rings. The molecule has 21 heavy (non-hydrogen) atoms. The van der Waals surface area contributed by atoms with Crippen LogP contribution in [0.15, 0.2) is 24.3 Å². The van der Waals surface area contributed by atoms with E-state index in [0.29, 0.717) is 11.4 Å². The number of sulfonamides is 1. The van der Waals surface area contributed by atoms with Gasteiger partial charge in [-0.15, -0.1) is 0 Å². The molecule has 0 aromatic heterocycles. The molecule has 1 aliphatic heterocycles. The number of carbonyl (C=O) groups is 1. The molecule has 2 rings (SSSR count). The van der Waals surface area contributed by atoms with Crippen LogP contribution in [0.2, 0.25) is 0 Å². The highest BCUT2D eigenvalue weighted by molar-refractivity contribution is 7.92. The first-order valence-electron chi connectivity index (χ1n) is 7.15. The molecule has 1 heterocycles. The predicted molar refractivity (Wildman–Crippen MR) is 83.8 cm³/mol. The van der Waals surface area contributed by atoms with E-state index >= 15 is 0 Å². The second-order valence-corrected chi connectivity index (χ2v) is 7.09. The van der Waals surface area contributed by atoms with Crippen molar-refractivity contribution in [1.29, 1.82) is 0 Å². The quantitative estimate of drug-likeness (QED) is 0.769. The van der Waals surface area contributed by atoms with Crippen LogP contribution in [0, 0.1) is 0 Å². The highest BCUT2D eigenvalue weighted by Crippen LogP contribution is 2.16. The van der Waals surface area contributed by atoms with Gasteiger partial charge >= 0.3 is 0 Å². The van der Waals surface area contributed by atoms with E-state index in [2.05, 4.69) is 15.4 Å². The first-order valence-corrected chi connectivity index (χ1v) is 8.80. The summed E-state index contributed by atoms with van der Waals surface area (Å²) in [5.74, 6) is -0.0182. The highest BCUT2D eigenvalue weighted by atomic mass is 32.2. The van der Waals surface area contributed by atoms with E-state index < -0.39 is 10.0 Å². The number of hydrogen-bond acceptors (Lipinski definition) is 4. The monoisotopic (exact) mass is 311 g/mol. The summed E-state index contributed by atoms with van der Waals surface area (Å²) >= 11 is 0. The van der Waals surface area contributed by atoms with E-state index in [1.165, 1.54) is 0 Å². The Morgan fingerprint density at radius 2 is 1.90 bits per heavy atom. The molecule has 1 aromatic carbocycles. The van der Waals surface area contributed by atoms with Gasteiger partial charge in [0.05, 0.1) is 11.8 Å². The molecule has 1 fully saturated rings. The molecule has 116 valence electrons. The number of benzene rings is 1. The fourth-order valence-corrected chi connectivity index (χ4v) is 2.82. The van der Waals surface area contributed by atoms with Gasteiger partial charge in [0.15, 0.2) is 0 Å². The average Bonchev–Trinajstić information content (AvgIpc) is 2.50. The van der Waals surface area contributed by atoms with Gasteiger partial charge in [0.1, 0.15) is 0 Å². The Kier molecular flexibility index (Phi) is 5.19. The number of rotatable bonds is 5. The molecule has 1 aromatic rings. The summed E-state index contributed by atoms with van der Waals surface area (Å²) in [6.07, 6.45) is 3.01. The summed E-state index contributed by atoms with van der Waals surface area (Å²) in [4.78, 5) is 12.0. The van der Waals surface area contributed by atoms with Crippen LogP contribution in [0.5, 0.6) is 0 Å². The summed E-state index contributed by atoms with van der Waals surface area (Å²) in [7, 11) is -3.27. The van der Waals surface area contributed by atoms with E-state index in [1.54, 1.807) is 31.2 Å². The second-order valence-electron chi connectivity index (χ2n) is 5.07. The largest absolute Gasteiger partial charge is 0.325 e. The Morgan fingerprint density at radius 3 is 2.48 bits per heavy atom. The van der Waals surface area contributed by atoms with Crippen molar-refractivity contribution in [2.24, 2.45) is 0 Å². The van der Waals surface area contributed by atoms with Crippen LogP contribution in [-0.2, 0) is 14.8 Å². The van der Waals surface area contributed by atoms with Crippen molar-refractivity contribution < 1.29 is 13.2 Å². The predicted octanol–water partition coefficient (Wildman–Crippen LogP) is 1.53. The van der Waals surface area contributed by atoms with Crippen molar-refractivity contribution >= 4 is 27.3 Å². The molecule has 0 aliphatic carbocycles. The highest BCUT2D eigenvalue weighted by Gasteiger charge is 2.20. The number of anilines is 2. The molecule has 1 atom stereocenters. The third-order valence-electron chi connectivity index (χ3n) is 3.43. The Morgan fingerprint density at radius 1 is 1.24 bits per heavy atom. The van der Waals surface area contributed by atoms with Crippen molar-refractivity contribution in [3.63, 3.8) is 0 Å². The third kappa shape index (κ3) is 4.71. The summed E-state index contributed by atoms with van der Waals surface area (Å²) in [5, 5.41) is 6.02. The van der Waals surface area contributed by atoms with Gasteiger partial charge in [0, 0.05) is 11.4 Å². The molecule has 0 radical (unpaired) electrons. The average molecular weight is 311 g/mol. The van der Waals surface area contributed by atoms with Gasteiger partial charge in [-0.3, -0.25) is 9.52 Å². The molecular formula is C14H21N3O3S. The minimum absolute atomic E-state index is 0.0266. The Balaban J connectivity index is 1.94. The number of hydrogen-bond donors (Lipinski definition) is 3. The maximum Gasteiger partial charge on any atom is 0.241 e. The van der Waals surface area contributed by atoms with Crippen LogP contribution >= 0.6 is 0 Å². The number of carbonyl (C=O) groups excluding carboxylic acids is 1. The van der Waals surface area contributed by atoms with Crippen LogP contribution in [0.3, 0.4) is 0 Å². The molecule has 1 amide bonds. The normalized spacial score (nSPS) is 19.0. The summed E-state index contributed by atoms with van der Waals surface area (Å²) in [6.45, 7) is 2.45. The van der Waals surface area contributed by atoms with E-state index in [9.17, 15) is 13.2 Å². The standard InChI is InChI=1S/C14H21N3O3S/c1-2-21(19,20)17-12-8-6-11(7-9-12)16-14(18)13-5-3-4-10-15-13/h6-9,13,15,17H,2-5,10H2,1H3,(H,16,18).